The zero-order valence-electron chi connectivity index (χ0n) is 20.4. The Kier molecular flexibility index (Phi) is 8.10. The molecule has 188 valence electrons. The van der Waals surface area contributed by atoms with Crippen LogP contribution in [-0.4, -0.2) is 61.2 Å². The number of anilines is 1. The number of aromatic nitrogens is 1. The fourth-order valence-electron chi connectivity index (χ4n) is 4.90. The fourth-order valence-corrected chi connectivity index (χ4v) is 5.96. The van der Waals surface area contributed by atoms with Gasteiger partial charge in [0.25, 0.3) is 0 Å². The lowest BCUT2D eigenvalue weighted by Crippen LogP contribution is -2.58. The number of hydrogen-bond donors (Lipinski definition) is 1. The minimum atomic E-state index is -0.860. The van der Waals surface area contributed by atoms with Crippen LogP contribution in [0.4, 0.5) is 10.2 Å². The van der Waals surface area contributed by atoms with Gasteiger partial charge >= 0.3 is 0 Å². The van der Waals surface area contributed by atoms with Crippen molar-refractivity contribution in [3.05, 3.63) is 52.3 Å². The molecule has 36 heavy (non-hydrogen) atoms. The van der Waals surface area contributed by atoms with Crippen molar-refractivity contribution in [2.24, 2.45) is 5.73 Å². The van der Waals surface area contributed by atoms with Crippen molar-refractivity contribution >= 4 is 23.5 Å². The summed E-state index contributed by atoms with van der Waals surface area (Å²) < 4.78 is 18.9. The van der Waals surface area contributed by atoms with Crippen LogP contribution < -0.4 is 10.6 Å². The Bertz CT molecular complexity index is 1190. The first-order valence-electron chi connectivity index (χ1n) is 12.0. The predicted octanol–water partition coefficient (Wildman–Crippen LogP) is 3.14. The van der Waals surface area contributed by atoms with Crippen molar-refractivity contribution in [2.75, 3.05) is 38.2 Å². The molecule has 3 heterocycles. The topological polar surface area (TPSA) is 119 Å². The molecule has 1 unspecified atom stereocenters. The van der Waals surface area contributed by atoms with E-state index in [2.05, 4.69) is 21.9 Å². The molecular formula is C26H29FN6O2S. The van der Waals surface area contributed by atoms with E-state index in [0.29, 0.717) is 46.1 Å². The summed E-state index contributed by atoms with van der Waals surface area (Å²) in [6.45, 7) is 5.24. The van der Waals surface area contributed by atoms with Crippen LogP contribution in [0, 0.1) is 28.5 Å². The molecule has 2 fully saturated rings. The maximum atomic E-state index is 13.5. The number of piperidine rings is 1. The largest absolute Gasteiger partial charge is 0.379 e. The smallest absolute Gasteiger partial charge is 0.235 e. The lowest BCUT2D eigenvalue weighted by molar-refractivity contribution is -0.117. The van der Waals surface area contributed by atoms with Crippen molar-refractivity contribution in [2.45, 2.75) is 48.6 Å². The van der Waals surface area contributed by atoms with Crippen LogP contribution in [0.25, 0.3) is 0 Å². The fraction of sp³-hybridized carbons (Fsp3) is 0.462. The molecule has 10 heteroatoms. The molecule has 2 aliphatic rings. The molecule has 2 aliphatic heterocycles. The van der Waals surface area contributed by atoms with Gasteiger partial charge in [-0.1, -0.05) is 30.8 Å². The van der Waals surface area contributed by atoms with Gasteiger partial charge in [0.05, 0.1) is 17.2 Å². The zero-order chi connectivity index (χ0) is 25.8. The number of amides is 1. The minimum Gasteiger partial charge on any atom is -0.379 e. The van der Waals surface area contributed by atoms with Gasteiger partial charge in [-0.05, 0) is 42.5 Å². The van der Waals surface area contributed by atoms with Crippen molar-refractivity contribution < 1.29 is 13.9 Å². The Morgan fingerprint density at radius 3 is 2.39 bits per heavy atom. The molecule has 0 spiro atoms. The summed E-state index contributed by atoms with van der Waals surface area (Å²) in [5.41, 5.74) is 7.51. The minimum absolute atomic E-state index is 0.275. The second-order valence-electron chi connectivity index (χ2n) is 9.03. The number of carbonyl (C=O) groups excluding carboxylic acids is 1. The Morgan fingerprint density at radius 2 is 1.86 bits per heavy atom. The predicted molar refractivity (Wildman–Crippen MR) is 135 cm³/mol. The van der Waals surface area contributed by atoms with Crippen molar-refractivity contribution in [3.8, 4) is 12.1 Å². The number of likely N-dealkylation sites (tertiary alicyclic amines) is 1. The molecule has 1 amide bonds. The van der Waals surface area contributed by atoms with E-state index in [1.54, 1.807) is 7.11 Å². The number of hydrogen-bond acceptors (Lipinski definition) is 8. The highest BCUT2D eigenvalue weighted by Crippen LogP contribution is 2.40. The Morgan fingerprint density at radius 1 is 1.22 bits per heavy atom. The van der Waals surface area contributed by atoms with Crippen LogP contribution in [0.5, 0.6) is 0 Å². The Balaban J connectivity index is 1.64. The summed E-state index contributed by atoms with van der Waals surface area (Å²) >= 11 is 1.07. The number of halogens is 1. The van der Waals surface area contributed by atoms with E-state index in [0.717, 1.165) is 50.8 Å². The van der Waals surface area contributed by atoms with Crippen LogP contribution in [-0.2, 0) is 16.0 Å². The molecule has 1 aromatic heterocycles. The molecule has 0 bridgehead atoms. The second kappa shape index (κ2) is 11.3. The van der Waals surface area contributed by atoms with Gasteiger partial charge in [-0.25, -0.2) is 9.37 Å². The summed E-state index contributed by atoms with van der Waals surface area (Å²) in [6, 6.07) is 10.5. The first-order chi connectivity index (χ1) is 17.4. The van der Waals surface area contributed by atoms with Gasteiger partial charge in [-0.2, -0.15) is 10.5 Å². The van der Waals surface area contributed by atoms with Crippen LogP contribution in [0.2, 0.25) is 0 Å². The third-order valence-electron chi connectivity index (χ3n) is 6.98. The third-order valence-corrected chi connectivity index (χ3v) is 8.24. The lowest BCUT2D eigenvalue weighted by atomic mass is 9.97. The molecule has 1 aromatic carbocycles. The maximum absolute atomic E-state index is 13.5. The molecule has 0 saturated carbocycles. The summed E-state index contributed by atoms with van der Waals surface area (Å²) in [7, 11) is 1.74. The van der Waals surface area contributed by atoms with Gasteiger partial charge in [0.15, 0.2) is 0 Å². The lowest BCUT2D eigenvalue weighted by Gasteiger charge is -2.46. The van der Waals surface area contributed by atoms with E-state index in [1.807, 2.05) is 6.92 Å². The highest BCUT2D eigenvalue weighted by atomic mass is 32.2. The number of ether oxygens (including phenoxy) is 1. The first kappa shape index (κ1) is 25.9. The molecule has 1 atom stereocenters. The molecule has 2 aromatic rings. The summed E-state index contributed by atoms with van der Waals surface area (Å²) in [5.74, 6) is -0.503. The number of carbonyl (C=O) groups is 1. The van der Waals surface area contributed by atoms with E-state index in [9.17, 15) is 19.7 Å². The van der Waals surface area contributed by atoms with Crippen LogP contribution >= 0.6 is 11.8 Å². The van der Waals surface area contributed by atoms with Crippen molar-refractivity contribution in [1.29, 1.82) is 10.5 Å². The van der Waals surface area contributed by atoms with E-state index in [4.69, 9.17) is 15.5 Å². The molecule has 0 aliphatic carbocycles. The molecular weight excluding hydrogens is 479 g/mol. The second-order valence-corrected chi connectivity index (χ2v) is 10.1. The normalized spacial score (nSPS) is 17.8. The number of nitriles is 2. The molecule has 4 rings (SSSR count). The quantitative estimate of drug-likeness (QED) is 0.540. The van der Waals surface area contributed by atoms with Gasteiger partial charge in [-0.15, -0.1) is 0 Å². The van der Waals surface area contributed by atoms with Crippen LogP contribution in [0.3, 0.4) is 0 Å². The van der Waals surface area contributed by atoms with E-state index in [1.165, 1.54) is 24.3 Å². The van der Waals surface area contributed by atoms with Crippen molar-refractivity contribution in [3.63, 3.8) is 0 Å². The average Bonchev–Trinajstić information content (AvgIpc) is 2.86. The number of pyridine rings is 1. The number of rotatable bonds is 8. The summed E-state index contributed by atoms with van der Waals surface area (Å²) in [5, 5.41) is 19.5. The molecule has 2 N–H and O–H groups in total. The van der Waals surface area contributed by atoms with Crippen LogP contribution in [0.1, 0.15) is 47.3 Å². The zero-order valence-corrected chi connectivity index (χ0v) is 21.2. The highest BCUT2D eigenvalue weighted by molar-refractivity contribution is 8.00. The number of nitrogens with two attached hydrogens (primary N) is 1. The highest BCUT2D eigenvalue weighted by Gasteiger charge is 2.35. The van der Waals surface area contributed by atoms with Gasteiger partial charge < -0.3 is 15.4 Å². The van der Waals surface area contributed by atoms with E-state index >= 15 is 0 Å². The number of benzene rings is 1. The van der Waals surface area contributed by atoms with Gasteiger partial charge in [0.2, 0.25) is 5.91 Å². The van der Waals surface area contributed by atoms with E-state index < -0.39 is 17.0 Å². The summed E-state index contributed by atoms with van der Waals surface area (Å²) in [6.07, 6.45) is 2.65. The summed E-state index contributed by atoms with van der Waals surface area (Å²) in [4.78, 5) is 21.7. The van der Waals surface area contributed by atoms with Crippen LogP contribution in [0.15, 0.2) is 29.3 Å². The molecule has 8 nitrogen and oxygen atoms in total. The van der Waals surface area contributed by atoms with Gasteiger partial charge in [0, 0.05) is 39.3 Å². The Hall–Kier alpha value is -3.18. The number of nitrogens with zero attached hydrogens (tertiary/aromatic N) is 5. The number of thioether (sulfide) groups is 1. The number of primary amides is 1. The maximum Gasteiger partial charge on any atom is 0.235 e. The number of methoxy groups -OCH3 is 1. The molecule has 2 saturated heterocycles. The Labute approximate surface area is 214 Å². The first-order valence-corrected chi connectivity index (χ1v) is 12.9. The van der Waals surface area contributed by atoms with Gasteiger partial charge in [0.1, 0.15) is 34.0 Å². The average molecular weight is 509 g/mol. The van der Waals surface area contributed by atoms with E-state index in [-0.39, 0.29) is 5.56 Å². The standard InChI is InChI=1S/C26H29FN6O2S/c1-3-20-21(12-28)25(32-10-8-18(9-11-32)33-14-19(15-33)35-2)31-26(22(20)13-29)36-23(24(30)34)16-4-6-17(27)7-5-16/h4-7,18-19,23H,3,8-11,14-15H2,1-2H3,(H2,30,34). The molecule has 0 radical (unpaired) electrons. The van der Waals surface area contributed by atoms with Crippen molar-refractivity contribution in [1.82, 2.24) is 9.88 Å². The SMILES string of the molecule is CCc1c(C#N)c(SC(C(N)=O)c2ccc(F)cc2)nc(N2CCC(N3CC(OC)C3)CC2)c1C#N. The monoisotopic (exact) mass is 508 g/mol. The van der Waals surface area contributed by atoms with Gasteiger partial charge in [-0.3, -0.25) is 9.69 Å². The third kappa shape index (κ3) is 5.17.